The minimum absolute atomic E-state index is 0.153. The number of benzene rings is 9. The zero-order valence-corrected chi connectivity index (χ0v) is 33.7. The van der Waals surface area contributed by atoms with Crippen molar-refractivity contribution in [2.75, 3.05) is 9.80 Å². The van der Waals surface area contributed by atoms with Crippen molar-refractivity contribution in [3.8, 4) is 22.3 Å². The fraction of sp³-hybridized carbons (Fsp3) is 0. The van der Waals surface area contributed by atoms with Crippen LogP contribution in [-0.4, -0.2) is 78.5 Å². The highest BCUT2D eigenvalue weighted by Gasteiger charge is 2.23. The Balaban J connectivity index is 1.10. The normalized spacial score (nSPS) is 11.2. The van der Waals surface area contributed by atoms with Crippen LogP contribution in [0.4, 0.5) is 34.1 Å². The van der Waals surface area contributed by atoms with E-state index >= 15 is 0 Å². The van der Waals surface area contributed by atoms with Gasteiger partial charge in [-0.3, -0.25) is 0 Å². The van der Waals surface area contributed by atoms with Crippen LogP contribution < -0.4 is 64.4 Å². The topological polar surface area (TPSA) is 6.48 Å². The van der Waals surface area contributed by atoms with E-state index in [4.69, 9.17) is 78.5 Å². The summed E-state index contributed by atoms with van der Waals surface area (Å²) in [4.78, 5) is 3.97. The van der Waals surface area contributed by atoms with E-state index in [2.05, 4.69) is 78.9 Å². The molecule has 0 unspecified atom stereocenters. The summed E-state index contributed by atoms with van der Waals surface area (Å²) in [6.07, 6.45) is 0. The summed E-state index contributed by atoms with van der Waals surface area (Å²) in [7, 11) is 64.8. The molecule has 0 heterocycles. The third-order valence-electron chi connectivity index (χ3n) is 11.6. The molecular formula is C50H26B10N2. The lowest BCUT2D eigenvalue weighted by atomic mass is 9.61. The number of hydrogen-bond acceptors (Lipinski definition) is 2. The predicted molar refractivity (Wildman–Crippen MR) is 276 cm³/mol. The van der Waals surface area contributed by atoms with Crippen LogP contribution in [-0.2, 0) is 0 Å². The van der Waals surface area contributed by atoms with Gasteiger partial charge in [-0.25, -0.2) is 0 Å². The first-order valence-corrected chi connectivity index (χ1v) is 19.8. The van der Waals surface area contributed by atoms with E-state index in [9.17, 15) is 0 Å². The van der Waals surface area contributed by atoms with E-state index in [0.29, 0.717) is 11.4 Å². The van der Waals surface area contributed by atoms with Crippen molar-refractivity contribution >= 4 is 189 Å². The number of nitrogens with zero attached hydrogens (tertiary/aromatic N) is 2. The van der Waals surface area contributed by atoms with Crippen molar-refractivity contribution in [3.05, 3.63) is 158 Å². The van der Waals surface area contributed by atoms with Gasteiger partial charge in [0, 0.05) is 33.5 Å². The van der Waals surface area contributed by atoms with Gasteiger partial charge in [-0.15, -0.1) is 32.8 Å². The number of fused-ring (bicyclic) bond motifs is 2. The second-order valence-corrected chi connectivity index (χ2v) is 15.2. The monoisotopic (exact) mass is 764 g/mol. The first-order chi connectivity index (χ1) is 29.9. The largest absolute Gasteiger partial charge is 0.311 e. The van der Waals surface area contributed by atoms with Crippen LogP contribution in [0, 0.1) is 0 Å². The predicted octanol–water partition coefficient (Wildman–Crippen LogP) is 2.20. The highest BCUT2D eigenvalue weighted by Crippen LogP contribution is 2.40. The first kappa shape index (κ1) is 41.1. The maximum atomic E-state index is 6.69. The molecular weight excluding hydrogens is 737 g/mol. The number of anilines is 6. The molecule has 9 aromatic rings. The molecule has 12 heteroatoms. The molecule has 0 aliphatic heterocycles. The molecule has 0 aliphatic carbocycles. The van der Waals surface area contributed by atoms with Crippen LogP contribution in [0.3, 0.4) is 0 Å². The lowest BCUT2D eigenvalue weighted by Crippen LogP contribution is -2.56. The Morgan fingerprint density at radius 3 is 0.935 bits per heavy atom. The Kier molecular flexibility index (Phi) is 11.0. The molecule has 0 fully saturated rings. The number of hydrogen-bond donors (Lipinski definition) is 0. The molecule has 9 aromatic carbocycles. The molecule has 20 radical (unpaired) electrons. The molecule has 0 aliphatic rings. The maximum Gasteiger partial charge on any atom is 0.115 e. The lowest BCUT2D eigenvalue weighted by molar-refractivity contribution is 1.32. The third-order valence-corrected chi connectivity index (χ3v) is 11.6. The van der Waals surface area contributed by atoms with Crippen molar-refractivity contribution in [2.45, 2.75) is 0 Å². The highest BCUT2D eigenvalue weighted by molar-refractivity contribution is 6.70. The van der Waals surface area contributed by atoms with Gasteiger partial charge in [0.05, 0.1) is 11.4 Å². The van der Waals surface area contributed by atoms with Gasteiger partial charge in [0.25, 0.3) is 0 Å². The van der Waals surface area contributed by atoms with Gasteiger partial charge in [-0.05, 0) is 75.5 Å². The summed E-state index contributed by atoms with van der Waals surface area (Å²) < 4.78 is 0. The molecule has 0 atom stereocenters. The van der Waals surface area contributed by atoms with Crippen molar-refractivity contribution in [2.24, 2.45) is 0 Å². The van der Waals surface area contributed by atoms with Crippen molar-refractivity contribution < 1.29 is 0 Å². The van der Waals surface area contributed by atoms with E-state index < -0.39 is 0 Å². The molecule has 0 N–H and O–H groups in total. The smallest absolute Gasteiger partial charge is 0.115 e. The van der Waals surface area contributed by atoms with Crippen molar-refractivity contribution in [3.63, 3.8) is 0 Å². The summed E-state index contributed by atoms with van der Waals surface area (Å²) in [5.74, 6) is 0. The van der Waals surface area contributed by atoms with E-state index in [1.54, 1.807) is 0 Å². The summed E-state index contributed by atoms with van der Waals surface area (Å²) >= 11 is 0. The van der Waals surface area contributed by atoms with E-state index in [1.165, 1.54) is 0 Å². The molecule has 9 rings (SSSR count). The average molecular weight is 763 g/mol. The van der Waals surface area contributed by atoms with Gasteiger partial charge in [0.1, 0.15) is 78.5 Å². The van der Waals surface area contributed by atoms with Gasteiger partial charge < -0.3 is 9.80 Å². The van der Waals surface area contributed by atoms with Crippen LogP contribution in [0.15, 0.2) is 158 Å². The fourth-order valence-corrected chi connectivity index (χ4v) is 8.22. The minimum atomic E-state index is 0.153. The SMILES string of the molecule is [B]c1c([B])c([B])c(N(c2ccc(-c3cccc(-c4ccc(N(c5c([B])c([B])c([B])c([B])c5[B])c5cccc6ccccc56)cc4)c3)cc2)c2cccc3ccccc23)c([B])c1[B]. The lowest BCUT2D eigenvalue weighted by Gasteiger charge is -2.33. The second kappa shape index (κ2) is 16.6. The standard InChI is InChI=1S/C50H26B10N2/c51-39-41(53)45(57)49(46(58)42(39)54)61(37-16-6-10-29-8-1-3-14-35(29)37)33-22-18-27(19-23-33)31-12-5-13-32(26-31)28-20-24-34(25-21-28)62(38-17-7-11-30-9-2-4-15-36(30)38)50-47(59)43(55)40(52)44(56)48(50)60/h1-26H. The Bertz CT molecular complexity index is 2930. The molecule has 0 amide bonds. The Morgan fingerprint density at radius 2 is 0.565 bits per heavy atom. The summed E-state index contributed by atoms with van der Waals surface area (Å²) in [5, 5.41) is 4.05. The van der Waals surface area contributed by atoms with Crippen LogP contribution >= 0.6 is 0 Å². The Hall–Kier alpha value is -6.25. The van der Waals surface area contributed by atoms with Gasteiger partial charge in [0.15, 0.2) is 0 Å². The van der Waals surface area contributed by atoms with E-state index in [0.717, 1.165) is 66.5 Å². The molecule has 62 heavy (non-hydrogen) atoms. The van der Waals surface area contributed by atoms with Crippen molar-refractivity contribution in [1.82, 2.24) is 0 Å². The van der Waals surface area contributed by atoms with Crippen LogP contribution in [0.2, 0.25) is 0 Å². The van der Waals surface area contributed by atoms with E-state index in [1.807, 2.05) is 88.7 Å². The minimum Gasteiger partial charge on any atom is -0.311 e. The summed E-state index contributed by atoms with van der Waals surface area (Å²) in [6.45, 7) is 0. The zero-order chi connectivity index (χ0) is 43.4. The summed E-state index contributed by atoms with van der Waals surface area (Å²) in [6, 6.07) is 53.0. The first-order valence-electron chi connectivity index (χ1n) is 19.8. The molecule has 2 nitrogen and oxygen atoms in total. The molecule has 0 saturated carbocycles. The van der Waals surface area contributed by atoms with Gasteiger partial charge in [-0.1, -0.05) is 137 Å². The highest BCUT2D eigenvalue weighted by atomic mass is 15.2. The van der Waals surface area contributed by atoms with Crippen LogP contribution in [0.5, 0.6) is 0 Å². The quantitative estimate of drug-likeness (QED) is 0.220. The molecule has 0 bridgehead atoms. The van der Waals surface area contributed by atoms with Gasteiger partial charge >= 0.3 is 0 Å². The molecule has 0 spiro atoms. The molecule has 266 valence electrons. The maximum absolute atomic E-state index is 6.69. The zero-order valence-electron chi connectivity index (χ0n) is 33.7. The third kappa shape index (κ3) is 7.04. The number of rotatable bonds is 8. The van der Waals surface area contributed by atoms with Gasteiger partial charge in [-0.2, -0.15) is 0 Å². The summed E-state index contributed by atoms with van der Waals surface area (Å²) in [5.41, 5.74) is 10.1. The fourth-order valence-electron chi connectivity index (χ4n) is 8.22. The van der Waals surface area contributed by atoms with Crippen molar-refractivity contribution in [1.29, 1.82) is 0 Å². The Morgan fingerprint density at radius 1 is 0.258 bits per heavy atom. The Labute approximate surface area is 376 Å². The van der Waals surface area contributed by atoms with E-state index in [-0.39, 0.29) is 54.6 Å². The van der Waals surface area contributed by atoms with Gasteiger partial charge in [0.2, 0.25) is 0 Å². The van der Waals surface area contributed by atoms with Crippen LogP contribution in [0.1, 0.15) is 0 Å². The second-order valence-electron chi connectivity index (χ2n) is 15.2. The average Bonchev–Trinajstić information content (AvgIpc) is 3.31. The van der Waals surface area contributed by atoms with Crippen LogP contribution in [0.25, 0.3) is 43.8 Å². The molecule has 0 saturated heterocycles. The molecule has 0 aromatic heterocycles.